The van der Waals surface area contributed by atoms with Crippen LogP contribution in [0, 0.1) is 0 Å². The number of ether oxygens (including phenoxy) is 2. The molecular weight excluding hydrogens is 302 g/mol. The summed E-state index contributed by atoms with van der Waals surface area (Å²) < 4.78 is 10.6. The smallest absolute Gasteiger partial charge is 0.414 e. The summed E-state index contributed by atoms with van der Waals surface area (Å²) in [5, 5.41) is 18.3. The maximum Gasteiger partial charge on any atom is 0.414 e. The van der Waals surface area contributed by atoms with E-state index < -0.39 is 11.9 Å². The first-order chi connectivity index (χ1) is 10.9. The molecule has 0 heterocycles. The fourth-order valence-electron chi connectivity index (χ4n) is 1.85. The number of hydrogen-bond acceptors (Lipinski definition) is 5. The lowest BCUT2D eigenvalue weighted by molar-refractivity contribution is -0.159. The van der Waals surface area contributed by atoms with Crippen LogP contribution in [-0.2, 0) is 16.1 Å². The quantitative estimate of drug-likeness (QED) is 0.659. The largest absolute Gasteiger partial charge is 0.497 e. The molecule has 23 heavy (non-hydrogen) atoms. The van der Waals surface area contributed by atoms with Crippen molar-refractivity contribution in [2.24, 2.45) is 0 Å². The Kier molecular flexibility index (Phi) is 10.2. The van der Waals surface area contributed by atoms with Crippen LogP contribution in [0.25, 0.3) is 0 Å². The van der Waals surface area contributed by atoms with Gasteiger partial charge in [-0.05, 0) is 31.0 Å². The number of carboxylic acids is 2. The van der Waals surface area contributed by atoms with E-state index in [0.29, 0.717) is 6.04 Å². The molecule has 1 aromatic carbocycles. The van der Waals surface area contributed by atoms with Gasteiger partial charge in [0.15, 0.2) is 0 Å². The molecule has 0 bridgehead atoms. The highest BCUT2D eigenvalue weighted by atomic mass is 16.5. The van der Waals surface area contributed by atoms with Gasteiger partial charge in [0.25, 0.3) is 0 Å². The summed E-state index contributed by atoms with van der Waals surface area (Å²) in [7, 11) is 3.38. The molecule has 3 N–H and O–H groups in total. The fraction of sp³-hybridized carbons (Fsp3) is 0.500. The van der Waals surface area contributed by atoms with E-state index in [2.05, 4.69) is 19.2 Å². The van der Waals surface area contributed by atoms with Crippen LogP contribution >= 0.6 is 0 Å². The molecule has 0 radical (unpaired) electrons. The lowest BCUT2D eigenvalue weighted by Crippen LogP contribution is -2.27. The summed E-state index contributed by atoms with van der Waals surface area (Å²) in [5.74, 6) is -1.87. The third kappa shape index (κ3) is 8.06. The van der Waals surface area contributed by atoms with E-state index in [4.69, 9.17) is 29.3 Å². The molecular formula is C16H25NO6. The van der Waals surface area contributed by atoms with Crippen molar-refractivity contribution in [1.29, 1.82) is 0 Å². The third-order valence-electron chi connectivity index (χ3n) is 3.24. The zero-order valence-electron chi connectivity index (χ0n) is 14.0. The van der Waals surface area contributed by atoms with E-state index in [1.165, 1.54) is 0 Å². The fourth-order valence-corrected chi connectivity index (χ4v) is 1.85. The van der Waals surface area contributed by atoms with Crippen molar-refractivity contribution in [3.05, 3.63) is 23.8 Å². The first kappa shape index (κ1) is 20.7. The molecule has 1 aromatic rings. The molecule has 0 spiro atoms. The first-order valence-corrected chi connectivity index (χ1v) is 7.29. The van der Waals surface area contributed by atoms with Crippen LogP contribution in [0.3, 0.4) is 0 Å². The molecule has 130 valence electrons. The molecule has 0 amide bonds. The van der Waals surface area contributed by atoms with Crippen LogP contribution < -0.4 is 14.8 Å². The highest BCUT2D eigenvalue weighted by Gasteiger charge is 2.07. The SMILES string of the molecule is CCC(CC)NCc1cc(OC)ccc1OC.O=C(O)C(=O)O. The monoisotopic (exact) mass is 327 g/mol. The maximum atomic E-state index is 9.10. The van der Waals surface area contributed by atoms with Crippen LogP contribution in [0.15, 0.2) is 18.2 Å². The number of carbonyl (C=O) groups is 2. The minimum absolute atomic E-state index is 0.561. The topological polar surface area (TPSA) is 105 Å². The van der Waals surface area contributed by atoms with Gasteiger partial charge in [0.2, 0.25) is 0 Å². The van der Waals surface area contributed by atoms with E-state index in [1.807, 2.05) is 18.2 Å². The number of methoxy groups -OCH3 is 2. The Balaban J connectivity index is 0.000000688. The summed E-state index contributed by atoms with van der Waals surface area (Å²) in [6.07, 6.45) is 2.28. The number of carboxylic acid groups (broad SMARTS) is 2. The Morgan fingerprint density at radius 1 is 1.09 bits per heavy atom. The van der Waals surface area contributed by atoms with Crippen molar-refractivity contribution in [2.45, 2.75) is 39.3 Å². The van der Waals surface area contributed by atoms with Crippen molar-refractivity contribution < 1.29 is 29.3 Å². The van der Waals surface area contributed by atoms with Crippen LogP contribution in [-0.4, -0.2) is 42.4 Å². The number of rotatable bonds is 7. The first-order valence-electron chi connectivity index (χ1n) is 7.29. The average Bonchev–Trinajstić information content (AvgIpc) is 2.56. The van der Waals surface area contributed by atoms with E-state index in [-0.39, 0.29) is 0 Å². The molecule has 0 saturated heterocycles. The van der Waals surface area contributed by atoms with Crippen LogP contribution in [0.1, 0.15) is 32.3 Å². The number of aliphatic carboxylic acids is 2. The predicted octanol–water partition coefficient (Wildman–Crippen LogP) is 2.14. The van der Waals surface area contributed by atoms with Gasteiger partial charge in [-0.25, -0.2) is 9.59 Å². The van der Waals surface area contributed by atoms with E-state index >= 15 is 0 Å². The molecule has 0 aliphatic heterocycles. The van der Waals surface area contributed by atoms with Gasteiger partial charge in [0, 0.05) is 18.2 Å². The Morgan fingerprint density at radius 2 is 1.65 bits per heavy atom. The minimum atomic E-state index is -1.82. The molecule has 0 aliphatic carbocycles. The molecule has 1 rings (SSSR count). The average molecular weight is 327 g/mol. The number of nitrogens with one attached hydrogen (secondary N) is 1. The van der Waals surface area contributed by atoms with Crippen LogP contribution in [0.2, 0.25) is 0 Å². The van der Waals surface area contributed by atoms with Gasteiger partial charge < -0.3 is 25.0 Å². The maximum absolute atomic E-state index is 9.10. The highest BCUT2D eigenvalue weighted by molar-refractivity contribution is 6.27. The minimum Gasteiger partial charge on any atom is -0.497 e. The van der Waals surface area contributed by atoms with Crippen LogP contribution in [0.4, 0.5) is 0 Å². The van der Waals surface area contributed by atoms with Gasteiger partial charge in [-0.3, -0.25) is 0 Å². The van der Waals surface area contributed by atoms with Gasteiger partial charge >= 0.3 is 11.9 Å². The molecule has 0 aromatic heterocycles. The Labute approximate surface area is 136 Å². The molecule has 0 atom stereocenters. The molecule has 0 saturated carbocycles. The molecule has 0 fully saturated rings. The Morgan fingerprint density at radius 3 is 2.04 bits per heavy atom. The van der Waals surface area contributed by atoms with Crippen LogP contribution in [0.5, 0.6) is 11.5 Å². The summed E-state index contributed by atoms with van der Waals surface area (Å²) >= 11 is 0. The van der Waals surface area contributed by atoms with Gasteiger partial charge in [-0.15, -0.1) is 0 Å². The summed E-state index contributed by atoms with van der Waals surface area (Å²) in [6.45, 7) is 5.21. The molecule has 7 heteroatoms. The van der Waals surface area contributed by atoms with Crippen molar-refractivity contribution in [3.8, 4) is 11.5 Å². The standard InChI is InChI=1S/C14H23NO2.C2H2O4/c1-5-12(6-2)15-10-11-9-13(16-3)7-8-14(11)17-4;3-1(4)2(5)6/h7-9,12,15H,5-6,10H2,1-4H3;(H,3,4)(H,5,6). The number of benzene rings is 1. The second-order valence-corrected chi connectivity index (χ2v) is 4.68. The van der Waals surface area contributed by atoms with E-state index in [1.54, 1.807) is 14.2 Å². The Hall–Kier alpha value is -2.28. The van der Waals surface area contributed by atoms with E-state index in [9.17, 15) is 0 Å². The second-order valence-electron chi connectivity index (χ2n) is 4.68. The molecule has 0 aliphatic rings. The van der Waals surface area contributed by atoms with Gasteiger partial charge in [0.1, 0.15) is 11.5 Å². The Bertz CT molecular complexity index is 487. The molecule has 7 nitrogen and oxygen atoms in total. The second kappa shape index (κ2) is 11.3. The highest BCUT2D eigenvalue weighted by Crippen LogP contribution is 2.23. The van der Waals surface area contributed by atoms with Gasteiger partial charge in [-0.1, -0.05) is 13.8 Å². The van der Waals surface area contributed by atoms with Crippen molar-refractivity contribution in [3.63, 3.8) is 0 Å². The summed E-state index contributed by atoms with van der Waals surface area (Å²) in [5.41, 5.74) is 1.14. The van der Waals surface area contributed by atoms with Crippen molar-refractivity contribution in [1.82, 2.24) is 5.32 Å². The molecule has 0 unspecified atom stereocenters. The van der Waals surface area contributed by atoms with Gasteiger partial charge in [-0.2, -0.15) is 0 Å². The van der Waals surface area contributed by atoms with E-state index in [0.717, 1.165) is 36.4 Å². The zero-order valence-corrected chi connectivity index (χ0v) is 14.0. The number of hydrogen-bond donors (Lipinski definition) is 3. The van der Waals surface area contributed by atoms with Crippen molar-refractivity contribution >= 4 is 11.9 Å². The lowest BCUT2D eigenvalue weighted by Gasteiger charge is -2.16. The van der Waals surface area contributed by atoms with Gasteiger partial charge in [0.05, 0.1) is 14.2 Å². The zero-order chi connectivity index (χ0) is 17.8. The summed E-state index contributed by atoms with van der Waals surface area (Å²) in [4.78, 5) is 18.2. The normalized spacial score (nSPS) is 9.78. The summed E-state index contributed by atoms with van der Waals surface area (Å²) in [6, 6.07) is 6.45. The third-order valence-corrected chi connectivity index (χ3v) is 3.24. The van der Waals surface area contributed by atoms with Crippen molar-refractivity contribution in [2.75, 3.05) is 14.2 Å². The predicted molar refractivity (Wildman–Crippen MR) is 86.0 cm³/mol. The lowest BCUT2D eigenvalue weighted by atomic mass is 10.1.